The van der Waals surface area contributed by atoms with Gasteiger partial charge in [0.2, 0.25) is 5.91 Å². The molecule has 2 aliphatic rings. The number of hydrogen-bond acceptors (Lipinski definition) is 4. The molecule has 0 spiro atoms. The summed E-state index contributed by atoms with van der Waals surface area (Å²) in [5.41, 5.74) is 4.68. The number of halogens is 1. The maximum absolute atomic E-state index is 12.6. The first-order valence-electron chi connectivity index (χ1n) is 6.72. The molecule has 0 fully saturated rings. The standard InChI is InChI=1S/C15H15ClN4O/c16-10-6-7-12-13(8-10)20(11-4-2-1-3-5-11)15(21)9-14(18-12)19-17/h2,4-8H,1,3,9,17H2,(H,18,19). The lowest BCUT2D eigenvalue weighted by atomic mass is 10.1. The number of fused-ring (bicyclic) bond motifs is 1. The number of rotatable bonds is 1. The predicted octanol–water partition coefficient (Wildman–Crippen LogP) is 2.80. The molecule has 6 heteroatoms. The van der Waals surface area contributed by atoms with Crippen LogP contribution >= 0.6 is 11.6 Å². The second kappa shape index (κ2) is 5.71. The van der Waals surface area contributed by atoms with Gasteiger partial charge in [-0.05, 0) is 37.1 Å². The van der Waals surface area contributed by atoms with Crippen LogP contribution in [0.3, 0.4) is 0 Å². The molecule has 0 bridgehead atoms. The van der Waals surface area contributed by atoms with Gasteiger partial charge in [-0.3, -0.25) is 9.69 Å². The number of allylic oxidation sites excluding steroid dienone is 3. The smallest absolute Gasteiger partial charge is 0.239 e. The molecule has 1 aliphatic heterocycles. The molecule has 0 unspecified atom stereocenters. The lowest BCUT2D eigenvalue weighted by Gasteiger charge is -2.25. The average molecular weight is 303 g/mol. The van der Waals surface area contributed by atoms with Crippen molar-refractivity contribution in [2.75, 3.05) is 4.90 Å². The number of carbonyl (C=O) groups excluding carboxylic acids is 1. The van der Waals surface area contributed by atoms with Crippen molar-refractivity contribution < 1.29 is 4.79 Å². The second-order valence-electron chi connectivity index (χ2n) is 4.85. The summed E-state index contributed by atoms with van der Waals surface area (Å²) in [5.74, 6) is 5.78. The summed E-state index contributed by atoms with van der Waals surface area (Å²) in [7, 11) is 0. The number of carbonyl (C=O) groups is 1. The van der Waals surface area contributed by atoms with Crippen molar-refractivity contribution >= 4 is 34.7 Å². The topological polar surface area (TPSA) is 70.7 Å². The molecule has 0 saturated heterocycles. The van der Waals surface area contributed by atoms with Crippen LogP contribution in [0.5, 0.6) is 0 Å². The van der Waals surface area contributed by atoms with E-state index >= 15 is 0 Å². The van der Waals surface area contributed by atoms with Gasteiger partial charge in [0.15, 0.2) is 0 Å². The van der Waals surface area contributed by atoms with Crippen LogP contribution in [-0.4, -0.2) is 11.7 Å². The first-order chi connectivity index (χ1) is 10.2. The van der Waals surface area contributed by atoms with E-state index in [1.807, 2.05) is 12.2 Å². The fourth-order valence-corrected chi connectivity index (χ4v) is 2.61. The quantitative estimate of drug-likeness (QED) is 0.619. The van der Waals surface area contributed by atoms with Crippen molar-refractivity contribution in [1.82, 2.24) is 5.43 Å². The Hall–Kier alpha value is -2.11. The Bertz CT molecular complexity index is 678. The van der Waals surface area contributed by atoms with Gasteiger partial charge in [0.05, 0.1) is 17.8 Å². The van der Waals surface area contributed by atoms with Crippen molar-refractivity contribution in [3.05, 3.63) is 47.1 Å². The predicted molar refractivity (Wildman–Crippen MR) is 84.4 cm³/mol. The molecule has 1 heterocycles. The van der Waals surface area contributed by atoms with Crippen molar-refractivity contribution in [2.24, 2.45) is 10.8 Å². The van der Waals surface area contributed by atoms with Crippen LogP contribution in [-0.2, 0) is 4.79 Å². The molecule has 1 aliphatic carbocycles. The van der Waals surface area contributed by atoms with Crippen molar-refractivity contribution in [3.63, 3.8) is 0 Å². The minimum absolute atomic E-state index is 0.0921. The molecular formula is C15H15ClN4O. The number of amides is 1. The van der Waals surface area contributed by atoms with E-state index in [1.54, 1.807) is 23.1 Å². The van der Waals surface area contributed by atoms with Crippen LogP contribution in [0, 0.1) is 0 Å². The zero-order valence-corrected chi connectivity index (χ0v) is 12.1. The van der Waals surface area contributed by atoms with Crippen LogP contribution < -0.4 is 16.2 Å². The monoisotopic (exact) mass is 302 g/mol. The summed E-state index contributed by atoms with van der Waals surface area (Å²) < 4.78 is 0. The number of aliphatic imine (C=N–C) groups is 1. The summed E-state index contributed by atoms with van der Waals surface area (Å²) in [6.45, 7) is 0. The van der Waals surface area contributed by atoms with Crippen LogP contribution in [0.2, 0.25) is 5.02 Å². The van der Waals surface area contributed by atoms with Crippen LogP contribution in [0.25, 0.3) is 0 Å². The van der Waals surface area contributed by atoms with Gasteiger partial charge in [-0.15, -0.1) is 0 Å². The molecule has 0 radical (unpaired) electrons. The zero-order valence-electron chi connectivity index (χ0n) is 11.3. The Kier molecular flexibility index (Phi) is 3.77. The Morgan fingerprint density at radius 1 is 1.33 bits per heavy atom. The number of hydrazine groups is 1. The minimum Gasteiger partial charge on any atom is -0.312 e. The molecule has 3 N–H and O–H groups in total. The minimum atomic E-state index is -0.0921. The summed E-state index contributed by atoms with van der Waals surface area (Å²) in [5, 5.41) is 0.561. The number of nitrogens with one attached hydrogen (secondary N) is 1. The normalized spacial score (nSPS) is 17.8. The van der Waals surface area contributed by atoms with E-state index in [-0.39, 0.29) is 12.3 Å². The van der Waals surface area contributed by atoms with Gasteiger partial charge in [-0.25, -0.2) is 10.8 Å². The van der Waals surface area contributed by atoms with E-state index in [0.717, 1.165) is 18.5 Å². The number of hydrogen-bond donors (Lipinski definition) is 2. The highest BCUT2D eigenvalue weighted by Crippen LogP contribution is 2.37. The highest BCUT2D eigenvalue weighted by molar-refractivity contribution is 6.31. The van der Waals surface area contributed by atoms with E-state index in [9.17, 15) is 4.79 Å². The molecule has 0 atom stereocenters. The van der Waals surface area contributed by atoms with E-state index in [1.165, 1.54) is 0 Å². The molecule has 1 amide bonds. The Balaban J connectivity index is 2.14. The average Bonchev–Trinajstić information content (AvgIpc) is 2.63. The van der Waals surface area contributed by atoms with Crippen LogP contribution in [0.1, 0.15) is 19.3 Å². The van der Waals surface area contributed by atoms with Gasteiger partial charge in [-0.1, -0.05) is 23.8 Å². The van der Waals surface area contributed by atoms with Crippen molar-refractivity contribution in [3.8, 4) is 0 Å². The van der Waals surface area contributed by atoms with Gasteiger partial charge >= 0.3 is 0 Å². The highest BCUT2D eigenvalue weighted by atomic mass is 35.5. The fourth-order valence-electron chi connectivity index (χ4n) is 2.44. The second-order valence-corrected chi connectivity index (χ2v) is 5.29. The molecule has 5 nitrogen and oxygen atoms in total. The molecule has 0 aromatic heterocycles. The largest absolute Gasteiger partial charge is 0.312 e. The summed E-state index contributed by atoms with van der Waals surface area (Å²) in [6, 6.07) is 5.28. The summed E-state index contributed by atoms with van der Waals surface area (Å²) in [4.78, 5) is 18.6. The number of nitrogens with zero attached hydrogens (tertiary/aromatic N) is 2. The van der Waals surface area contributed by atoms with Gasteiger partial charge < -0.3 is 5.43 Å². The first-order valence-corrected chi connectivity index (χ1v) is 7.10. The van der Waals surface area contributed by atoms with E-state index < -0.39 is 0 Å². The lowest BCUT2D eigenvalue weighted by Crippen LogP contribution is -2.36. The molecule has 1 aromatic rings. The van der Waals surface area contributed by atoms with Crippen molar-refractivity contribution in [2.45, 2.75) is 19.3 Å². The number of amidine groups is 1. The number of benzene rings is 1. The Labute approximate surface area is 127 Å². The maximum Gasteiger partial charge on any atom is 0.239 e. The maximum atomic E-state index is 12.6. The number of nitrogens with two attached hydrogens (primary N) is 1. The molecule has 1 aromatic carbocycles. The molecule has 108 valence electrons. The molecule has 0 saturated carbocycles. The van der Waals surface area contributed by atoms with E-state index in [2.05, 4.69) is 16.5 Å². The summed E-state index contributed by atoms with van der Waals surface area (Å²) in [6.07, 6.45) is 8.07. The van der Waals surface area contributed by atoms with Gasteiger partial charge in [-0.2, -0.15) is 0 Å². The van der Waals surface area contributed by atoms with E-state index in [0.29, 0.717) is 22.2 Å². The SMILES string of the molecule is NNC1=Nc2ccc(Cl)cc2N(C2=CCCC=C2)C(=O)C1. The number of anilines is 1. The third kappa shape index (κ3) is 2.70. The van der Waals surface area contributed by atoms with Gasteiger partial charge in [0.1, 0.15) is 5.84 Å². The van der Waals surface area contributed by atoms with Crippen LogP contribution in [0.4, 0.5) is 11.4 Å². The molecule has 3 rings (SSSR count). The van der Waals surface area contributed by atoms with Gasteiger partial charge in [0.25, 0.3) is 0 Å². The highest BCUT2D eigenvalue weighted by Gasteiger charge is 2.26. The third-order valence-corrected chi connectivity index (χ3v) is 3.64. The molecular weight excluding hydrogens is 288 g/mol. The summed E-state index contributed by atoms with van der Waals surface area (Å²) >= 11 is 6.09. The van der Waals surface area contributed by atoms with E-state index in [4.69, 9.17) is 17.4 Å². The van der Waals surface area contributed by atoms with Crippen LogP contribution in [0.15, 0.2) is 47.1 Å². The third-order valence-electron chi connectivity index (χ3n) is 3.40. The van der Waals surface area contributed by atoms with Crippen molar-refractivity contribution in [1.29, 1.82) is 0 Å². The fraction of sp³-hybridized carbons (Fsp3) is 0.200. The lowest BCUT2D eigenvalue weighted by molar-refractivity contribution is -0.117. The first kappa shape index (κ1) is 13.9. The zero-order chi connectivity index (χ0) is 14.8. The Morgan fingerprint density at radius 3 is 2.90 bits per heavy atom. The molecule has 21 heavy (non-hydrogen) atoms. The van der Waals surface area contributed by atoms with Gasteiger partial charge in [0, 0.05) is 10.7 Å². The Morgan fingerprint density at radius 2 is 2.19 bits per heavy atom.